The maximum atomic E-state index is 13.4. The van der Waals surface area contributed by atoms with Crippen LogP contribution in [0.5, 0.6) is 5.75 Å². The zero-order chi connectivity index (χ0) is 24.8. The zero-order valence-corrected chi connectivity index (χ0v) is 20.2. The largest absolute Gasteiger partial charge is 0.490 e. The van der Waals surface area contributed by atoms with Gasteiger partial charge in [-0.05, 0) is 69.2 Å². The first-order valence-corrected chi connectivity index (χ1v) is 11.8. The molecule has 35 heavy (non-hydrogen) atoms. The number of benzene rings is 3. The SMILES string of the molecule is CC(C)Oc1ccc(C#Cc2ccccc2)cc1C(=O)N[C@H](Cc1c[nH]c2ccccc12)C(C)O. The number of H-pyrrole nitrogens is 1. The number of hydrogen-bond donors (Lipinski definition) is 3. The van der Waals surface area contributed by atoms with Crippen molar-refractivity contribution < 1.29 is 14.6 Å². The van der Waals surface area contributed by atoms with Crippen molar-refractivity contribution in [2.45, 2.75) is 45.4 Å². The van der Waals surface area contributed by atoms with Crippen molar-refractivity contribution in [1.29, 1.82) is 0 Å². The number of hydrogen-bond acceptors (Lipinski definition) is 3. The van der Waals surface area contributed by atoms with Gasteiger partial charge in [0.2, 0.25) is 0 Å². The number of nitrogens with one attached hydrogen (secondary N) is 2. The predicted octanol–water partition coefficient (Wildman–Crippen LogP) is 5.08. The zero-order valence-electron chi connectivity index (χ0n) is 20.2. The molecule has 0 spiro atoms. The molecule has 4 aromatic rings. The molecule has 1 aromatic heterocycles. The van der Waals surface area contributed by atoms with Gasteiger partial charge in [0.25, 0.3) is 5.91 Å². The number of amides is 1. The number of para-hydroxylation sites is 1. The van der Waals surface area contributed by atoms with E-state index in [-0.39, 0.29) is 12.0 Å². The second kappa shape index (κ2) is 10.9. The highest BCUT2D eigenvalue weighted by Gasteiger charge is 2.23. The van der Waals surface area contributed by atoms with E-state index >= 15 is 0 Å². The third kappa shape index (κ3) is 6.11. The molecule has 0 saturated heterocycles. The van der Waals surface area contributed by atoms with Crippen LogP contribution in [0.1, 0.15) is 47.8 Å². The van der Waals surface area contributed by atoms with Crippen molar-refractivity contribution in [2.75, 3.05) is 0 Å². The average Bonchev–Trinajstić information content (AvgIpc) is 3.26. The van der Waals surface area contributed by atoms with Crippen LogP contribution in [0.15, 0.2) is 79.0 Å². The standard InChI is InChI=1S/C30H30N2O3/c1-20(2)35-29-16-15-23(14-13-22-9-5-4-6-10-22)17-26(29)30(34)32-28(21(3)33)18-24-19-31-27-12-8-7-11-25(24)27/h4-12,15-17,19-21,28,31,33H,18H2,1-3H3,(H,32,34)/t21?,28-/m1/s1. The molecule has 1 heterocycles. The highest BCUT2D eigenvalue weighted by atomic mass is 16.5. The van der Waals surface area contributed by atoms with Gasteiger partial charge < -0.3 is 20.1 Å². The second-order valence-corrected chi connectivity index (χ2v) is 8.88. The summed E-state index contributed by atoms with van der Waals surface area (Å²) in [5.41, 5.74) is 4.06. The molecule has 0 aliphatic carbocycles. The van der Waals surface area contributed by atoms with Crippen molar-refractivity contribution in [3.63, 3.8) is 0 Å². The molecule has 0 aliphatic heterocycles. The summed E-state index contributed by atoms with van der Waals surface area (Å²) in [5.74, 6) is 6.43. The Bertz CT molecular complexity index is 1360. The molecule has 0 aliphatic rings. The third-order valence-electron chi connectivity index (χ3n) is 5.73. The molecule has 3 N–H and O–H groups in total. The Hall–Kier alpha value is -4.01. The second-order valence-electron chi connectivity index (χ2n) is 8.88. The van der Waals surface area contributed by atoms with Crippen LogP contribution >= 0.6 is 0 Å². The van der Waals surface area contributed by atoms with Crippen molar-refractivity contribution in [3.8, 4) is 17.6 Å². The lowest BCUT2D eigenvalue weighted by molar-refractivity contribution is 0.0853. The van der Waals surface area contributed by atoms with Gasteiger partial charge in [-0.15, -0.1) is 0 Å². The van der Waals surface area contributed by atoms with Gasteiger partial charge in [-0.25, -0.2) is 0 Å². The lowest BCUT2D eigenvalue weighted by Gasteiger charge is -2.22. The number of rotatable bonds is 7. The van der Waals surface area contributed by atoms with Crippen LogP contribution in [0, 0.1) is 11.8 Å². The molecule has 4 rings (SSSR count). The van der Waals surface area contributed by atoms with Crippen molar-refractivity contribution in [1.82, 2.24) is 10.3 Å². The summed E-state index contributed by atoms with van der Waals surface area (Å²) in [6, 6.07) is 22.6. The minimum absolute atomic E-state index is 0.0958. The minimum atomic E-state index is -0.747. The summed E-state index contributed by atoms with van der Waals surface area (Å²) < 4.78 is 5.91. The molecular weight excluding hydrogens is 436 g/mol. The summed E-state index contributed by atoms with van der Waals surface area (Å²) in [7, 11) is 0. The number of aromatic nitrogens is 1. The number of aliphatic hydroxyl groups excluding tert-OH is 1. The molecule has 0 saturated carbocycles. The van der Waals surface area contributed by atoms with E-state index in [1.165, 1.54) is 0 Å². The number of aliphatic hydroxyl groups is 1. The number of fused-ring (bicyclic) bond motifs is 1. The number of ether oxygens (including phenoxy) is 1. The first-order chi connectivity index (χ1) is 16.9. The Kier molecular flexibility index (Phi) is 7.54. The van der Waals surface area contributed by atoms with Crippen molar-refractivity contribution in [2.24, 2.45) is 0 Å². The topological polar surface area (TPSA) is 74.3 Å². The van der Waals surface area contributed by atoms with Crippen LogP contribution in [0.4, 0.5) is 0 Å². The van der Waals surface area contributed by atoms with Gasteiger partial charge in [-0.3, -0.25) is 4.79 Å². The molecule has 2 atom stereocenters. The molecule has 0 fully saturated rings. The molecule has 1 amide bonds. The van der Waals surface area contributed by atoms with Crippen LogP contribution in [0.3, 0.4) is 0 Å². The van der Waals surface area contributed by atoms with E-state index < -0.39 is 12.1 Å². The van der Waals surface area contributed by atoms with E-state index in [1.807, 2.05) is 80.7 Å². The summed E-state index contributed by atoms with van der Waals surface area (Å²) in [5, 5.41) is 14.6. The monoisotopic (exact) mass is 466 g/mol. The first kappa shape index (κ1) is 24.1. The van der Waals surface area contributed by atoms with Crippen LogP contribution in [-0.4, -0.2) is 34.2 Å². The highest BCUT2D eigenvalue weighted by molar-refractivity contribution is 5.97. The average molecular weight is 467 g/mol. The van der Waals surface area contributed by atoms with E-state index in [4.69, 9.17) is 4.74 Å². The van der Waals surface area contributed by atoms with Gasteiger partial charge in [0.1, 0.15) is 5.75 Å². The predicted molar refractivity (Wildman–Crippen MR) is 140 cm³/mol. The first-order valence-electron chi connectivity index (χ1n) is 11.8. The third-order valence-corrected chi connectivity index (χ3v) is 5.73. The molecule has 3 aromatic carbocycles. The Balaban J connectivity index is 1.60. The van der Waals surface area contributed by atoms with Gasteiger partial charge in [-0.2, -0.15) is 0 Å². The molecule has 5 nitrogen and oxygen atoms in total. The quantitative estimate of drug-likeness (QED) is 0.333. The highest BCUT2D eigenvalue weighted by Crippen LogP contribution is 2.23. The lowest BCUT2D eigenvalue weighted by atomic mass is 10.0. The van der Waals surface area contributed by atoms with Crippen molar-refractivity contribution >= 4 is 16.8 Å². The fourth-order valence-corrected chi connectivity index (χ4v) is 3.93. The number of carbonyl (C=O) groups is 1. The van der Waals surface area contributed by atoms with Gasteiger partial charge in [0.15, 0.2) is 0 Å². The Morgan fingerprint density at radius 1 is 0.971 bits per heavy atom. The van der Waals surface area contributed by atoms with Crippen LogP contribution < -0.4 is 10.1 Å². The van der Waals surface area contributed by atoms with Crippen LogP contribution in [0.25, 0.3) is 10.9 Å². The summed E-state index contributed by atoms with van der Waals surface area (Å²) in [4.78, 5) is 16.7. The molecule has 1 unspecified atom stereocenters. The summed E-state index contributed by atoms with van der Waals surface area (Å²) >= 11 is 0. The maximum absolute atomic E-state index is 13.4. The minimum Gasteiger partial charge on any atom is -0.490 e. The van der Waals surface area contributed by atoms with E-state index in [2.05, 4.69) is 22.1 Å². The Labute approximate surface area is 206 Å². The molecular formula is C30H30N2O3. The smallest absolute Gasteiger partial charge is 0.255 e. The normalized spacial score (nSPS) is 12.6. The van der Waals surface area contributed by atoms with Crippen molar-refractivity contribution in [3.05, 3.63) is 101 Å². The van der Waals surface area contributed by atoms with Crippen LogP contribution in [0.2, 0.25) is 0 Å². The summed E-state index contributed by atoms with van der Waals surface area (Å²) in [6.07, 6.45) is 1.57. The van der Waals surface area contributed by atoms with E-state index in [0.717, 1.165) is 22.0 Å². The fourth-order valence-electron chi connectivity index (χ4n) is 3.93. The van der Waals surface area contributed by atoms with E-state index in [0.29, 0.717) is 23.3 Å². The lowest BCUT2D eigenvalue weighted by Crippen LogP contribution is -2.43. The van der Waals surface area contributed by atoms with Gasteiger partial charge in [-0.1, -0.05) is 48.2 Å². The molecule has 0 bridgehead atoms. The molecule has 0 radical (unpaired) electrons. The Morgan fingerprint density at radius 3 is 2.43 bits per heavy atom. The fraction of sp³-hybridized carbons (Fsp3) is 0.233. The number of aromatic amines is 1. The molecule has 178 valence electrons. The van der Waals surface area contributed by atoms with Crippen LogP contribution in [-0.2, 0) is 6.42 Å². The maximum Gasteiger partial charge on any atom is 0.255 e. The molecule has 5 heteroatoms. The van der Waals surface area contributed by atoms with Gasteiger partial charge >= 0.3 is 0 Å². The Morgan fingerprint density at radius 2 is 1.69 bits per heavy atom. The summed E-state index contributed by atoms with van der Waals surface area (Å²) in [6.45, 7) is 5.52. The van der Waals surface area contributed by atoms with Gasteiger partial charge in [0.05, 0.1) is 23.8 Å². The van der Waals surface area contributed by atoms with E-state index in [9.17, 15) is 9.90 Å². The van der Waals surface area contributed by atoms with Gasteiger partial charge in [0, 0.05) is 28.2 Å². The van der Waals surface area contributed by atoms with E-state index in [1.54, 1.807) is 19.1 Å². The number of carbonyl (C=O) groups excluding carboxylic acids is 1.